The number of fused-ring (bicyclic) bond motifs is 1. The Hall–Kier alpha value is -3.48. The number of pyridine rings is 1. The summed E-state index contributed by atoms with van der Waals surface area (Å²) in [6.07, 6.45) is 0.202. The Morgan fingerprint density at radius 3 is 2.27 bits per heavy atom. The van der Waals surface area contributed by atoms with Gasteiger partial charge in [-0.05, 0) is 23.8 Å². The molecule has 0 saturated carbocycles. The SMILES string of the molecule is Cn1c(=O)cc(C(=O)N2CCN(C(=O)Cc3ccc(F)cc3)CC2)c2ccccc21. The van der Waals surface area contributed by atoms with Crippen LogP contribution >= 0.6 is 0 Å². The second kappa shape index (κ2) is 8.10. The molecule has 7 heteroatoms. The average Bonchev–Trinajstić information content (AvgIpc) is 2.77. The Labute approximate surface area is 173 Å². The molecular weight excluding hydrogens is 385 g/mol. The molecule has 154 valence electrons. The first-order valence-electron chi connectivity index (χ1n) is 9.84. The highest BCUT2D eigenvalue weighted by Gasteiger charge is 2.26. The number of carbonyl (C=O) groups excluding carboxylic acids is 2. The van der Waals surface area contributed by atoms with Gasteiger partial charge in [0.15, 0.2) is 0 Å². The van der Waals surface area contributed by atoms with Crippen molar-refractivity contribution in [2.75, 3.05) is 26.2 Å². The lowest BCUT2D eigenvalue weighted by Crippen LogP contribution is -2.51. The van der Waals surface area contributed by atoms with E-state index in [4.69, 9.17) is 0 Å². The van der Waals surface area contributed by atoms with E-state index >= 15 is 0 Å². The van der Waals surface area contributed by atoms with E-state index in [0.29, 0.717) is 37.3 Å². The van der Waals surface area contributed by atoms with E-state index in [0.717, 1.165) is 10.9 Å². The Bertz CT molecular complexity index is 1160. The highest BCUT2D eigenvalue weighted by molar-refractivity contribution is 6.06. The minimum atomic E-state index is -0.332. The standard InChI is InChI=1S/C23H22FN3O3/c1-25-20-5-3-2-4-18(20)19(15-21(25)28)23(30)27-12-10-26(11-13-27)22(29)14-16-6-8-17(24)9-7-16/h2-9,15H,10-14H2,1H3. The van der Waals surface area contributed by atoms with Gasteiger partial charge >= 0.3 is 0 Å². The largest absolute Gasteiger partial charge is 0.339 e. The van der Waals surface area contributed by atoms with Crippen molar-refractivity contribution in [1.82, 2.24) is 14.4 Å². The lowest BCUT2D eigenvalue weighted by molar-refractivity contribution is -0.131. The molecule has 0 radical (unpaired) electrons. The zero-order valence-electron chi connectivity index (χ0n) is 16.7. The molecule has 1 aromatic heterocycles. The first-order chi connectivity index (χ1) is 14.4. The molecule has 0 atom stereocenters. The van der Waals surface area contributed by atoms with Crippen LogP contribution in [0.3, 0.4) is 0 Å². The number of para-hydroxylation sites is 1. The van der Waals surface area contributed by atoms with Crippen LogP contribution in [-0.4, -0.2) is 52.4 Å². The van der Waals surface area contributed by atoms with Crippen LogP contribution in [0.5, 0.6) is 0 Å². The van der Waals surface area contributed by atoms with Gasteiger partial charge in [-0.1, -0.05) is 30.3 Å². The zero-order chi connectivity index (χ0) is 21.3. The fourth-order valence-corrected chi connectivity index (χ4v) is 3.81. The van der Waals surface area contributed by atoms with Crippen LogP contribution in [0.2, 0.25) is 0 Å². The first-order valence-corrected chi connectivity index (χ1v) is 9.84. The van der Waals surface area contributed by atoms with Gasteiger partial charge in [-0.3, -0.25) is 14.4 Å². The highest BCUT2D eigenvalue weighted by Crippen LogP contribution is 2.19. The van der Waals surface area contributed by atoms with E-state index in [1.165, 1.54) is 22.8 Å². The summed E-state index contributed by atoms with van der Waals surface area (Å²) in [6.45, 7) is 1.65. The number of nitrogens with zero attached hydrogens (tertiary/aromatic N) is 3. The number of aromatic nitrogens is 1. The normalized spacial score (nSPS) is 14.2. The summed E-state index contributed by atoms with van der Waals surface area (Å²) in [5.41, 5.74) is 1.62. The minimum absolute atomic E-state index is 0.0484. The number of rotatable bonds is 3. The van der Waals surface area contributed by atoms with Crippen LogP contribution < -0.4 is 5.56 Å². The van der Waals surface area contributed by atoms with Crippen LogP contribution in [0.1, 0.15) is 15.9 Å². The maximum absolute atomic E-state index is 13.1. The molecule has 3 aromatic rings. The van der Waals surface area contributed by atoms with Crippen molar-refractivity contribution >= 4 is 22.7 Å². The summed E-state index contributed by atoms with van der Waals surface area (Å²) in [4.78, 5) is 41.3. The summed E-state index contributed by atoms with van der Waals surface area (Å²) in [5.74, 6) is -0.580. The number of hydrogen-bond acceptors (Lipinski definition) is 3. The quantitative estimate of drug-likeness (QED) is 0.669. The number of carbonyl (C=O) groups is 2. The molecule has 0 unspecified atom stereocenters. The second-order valence-electron chi connectivity index (χ2n) is 7.45. The van der Waals surface area contributed by atoms with Crippen LogP contribution in [0.4, 0.5) is 4.39 Å². The first kappa shape index (κ1) is 19.8. The third-order valence-corrected chi connectivity index (χ3v) is 5.57. The van der Waals surface area contributed by atoms with Gasteiger partial charge in [0.25, 0.3) is 11.5 Å². The Morgan fingerprint density at radius 1 is 0.933 bits per heavy atom. The average molecular weight is 407 g/mol. The molecule has 1 fully saturated rings. The molecule has 0 spiro atoms. The summed E-state index contributed by atoms with van der Waals surface area (Å²) in [7, 11) is 1.68. The van der Waals surface area contributed by atoms with Gasteiger partial charge in [0.05, 0.1) is 17.5 Å². The monoisotopic (exact) mass is 407 g/mol. The molecule has 30 heavy (non-hydrogen) atoms. The van der Waals surface area contributed by atoms with Crippen molar-refractivity contribution in [3.05, 3.63) is 81.9 Å². The molecule has 2 heterocycles. The third-order valence-electron chi connectivity index (χ3n) is 5.57. The zero-order valence-corrected chi connectivity index (χ0v) is 16.7. The van der Waals surface area contributed by atoms with Gasteiger partial charge in [-0.15, -0.1) is 0 Å². The van der Waals surface area contributed by atoms with Crippen molar-refractivity contribution < 1.29 is 14.0 Å². The molecule has 0 bridgehead atoms. The highest BCUT2D eigenvalue weighted by atomic mass is 19.1. The number of hydrogen-bond donors (Lipinski definition) is 0. The maximum atomic E-state index is 13.1. The lowest BCUT2D eigenvalue weighted by atomic mass is 10.1. The summed E-state index contributed by atoms with van der Waals surface area (Å²) < 4.78 is 14.6. The third kappa shape index (κ3) is 3.83. The minimum Gasteiger partial charge on any atom is -0.339 e. The van der Waals surface area contributed by atoms with E-state index in [9.17, 15) is 18.8 Å². The number of halogens is 1. The van der Waals surface area contributed by atoms with Gasteiger partial charge in [0.1, 0.15) is 5.82 Å². The number of benzene rings is 2. The summed E-state index contributed by atoms with van der Waals surface area (Å²) in [6, 6.07) is 14.6. The lowest BCUT2D eigenvalue weighted by Gasteiger charge is -2.35. The number of amides is 2. The van der Waals surface area contributed by atoms with E-state index in [2.05, 4.69) is 0 Å². The molecular formula is C23H22FN3O3. The van der Waals surface area contributed by atoms with E-state index in [-0.39, 0.29) is 29.6 Å². The smallest absolute Gasteiger partial charge is 0.254 e. The van der Waals surface area contributed by atoms with Crippen LogP contribution in [-0.2, 0) is 18.3 Å². The second-order valence-corrected chi connectivity index (χ2v) is 7.45. The number of piperazine rings is 1. The molecule has 2 aromatic carbocycles. The van der Waals surface area contributed by atoms with Crippen LogP contribution in [0.15, 0.2) is 59.4 Å². The maximum Gasteiger partial charge on any atom is 0.254 e. The predicted molar refractivity (Wildman–Crippen MR) is 112 cm³/mol. The molecule has 2 amide bonds. The van der Waals surface area contributed by atoms with Crippen molar-refractivity contribution in [3.63, 3.8) is 0 Å². The van der Waals surface area contributed by atoms with Gasteiger partial charge in [-0.25, -0.2) is 4.39 Å². The molecule has 1 saturated heterocycles. The van der Waals surface area contributed by atoms with Crippen LogP contribution in [0.25, 0.3) is 10.9 Å². The van der Waals surface area contributed by atoms with E-state index in [1.807, 2.05) is 24.3 Å². The summed E-state index contributed by atoms with van der Waals surface area (Å²) in [5, 5.41) is 0.736. The molecule has 1 aliphatic heterocycles. The molecule has 4 rings (SSSR count). The number of aryl methyl sites for hydroxylation is 1. The molecule has 6 nitrogen and oxygen atoms in total. The van der Waals surface area contributed by atoms with E-state index < -0.39 is 0 Å². The predicted octanol–water partition coefficient (Wildman–Crippen LogP) is 2.20. The van der Waals surface area contributed by atoms with E-state index in [1.54, 1.807) is 29.0 Å². The van der Waals surface area contributed by atoms with Gasteiger partial charge in [-0.2, -0.15) is 0 Å². The van der Waals surface area contributed by atoms with Crippen molar-refractivity contribution in [2.45, 2.75) is 6.42 Å². The Morgan fingerprint density at radius 2 is 1.57 bits per heavy atom. The molecule has 0 N–H and O–H groups in total. The fraction of sp³-hybridized carbons (Fsp3) is 0.261. The topological polar surface area (TPSA) is 62.6 Å². The van der Waals surface area contributed by atoms with Gasteiger partial charge in [0, 0.05) is 44.7 Å². The van der Waals surface area contributed by atoms with Crippen molar-refractivity contribution in [2.24, 2.45) is 7.05 Å². The van der Waals surface area contributed by atoms with Crippen molar-refractivity contribution in [1.29, 1.82) is 0 Å². The fourth-order valence-electron chi connectivity index (χ4n) is 3.81. The Balaban J connectivity index is 1.46. The molecule has 0 aliphatic carbocycles. The van der Waals surface area contributed by atoms with Gasteiger partial charge in [0.2, 0.25) is 5.91 Å². The summed E-state index contributed by atoms with van der Waals surface area (Å²) >= 11 is 0. The van der Waals surface area contributed by atoms with Crippen molar-refractivity contribution in [3.8, 4) is 0 Å². The van der Waals surface area contributed by atoms with Gasteiger partial charge < -0.3 is 14.4 Å². The molecule has 1 aliphatic rings. The van der Waals surface area contributed by atoms with Crippen LogP contribution in [0, 0.1) is 5.82 Å². The Kier molecular flexibility index (Phi) is 5.35.